The Balaban J connectivity index is 2.21. The monoisotopic (exact) mass is 234 g/mol. The zero-order valence-electron chi connectivity index (χ0n) is 9.75. The van der Waals surface area contributed by atoms with Crippen LogP contribution in [0.25, 0.3) is 0 Å². The average molecular weight is 234 g/mol. The van der Waals surface area contributed by atoms with Crippen LogP contribution < -0.4 is 16.2 Å². The van der Waals surface area contributed by atoms with Gasteiger partial charge in [-0.25, -0.2) is 4.99 Å². The fraction of sp³-hybridized carbons (Fsp3) is 0.333. The van der Waals surface area contributed by atoms with Crippen LogP contribution in [0.2, 0.25) is 0 Å². The summed E-state index contributed by atoms with van der Waals surface area (Å²) in [5, 5.41) is 0. The summed E-state index contributed by atoms with van der Waals surface area (Å²) < 4.78 is 5.56. The van der Waals surface area contributed by atoms with Gasteiger partial charge in [0.05, 0.1) is 12.9 Å². The molecule has 0 radical (unpaired) electrons. The van der Waals surface area contributed by atoms with Crippen molar-refractivity contribution < 1.29 is 4.74 Å². The van der Waals surface area contributed by atoms with E-state index in [9.17, 15) is 0 Å². The van der Waals surface area contributed by atoms with E-state index in [0.29, 0.717) is 19.7 Å². The molecule has 0 fully saturated rings. The van der Waals surface area contributed by atoms with Gasteiger partial charge in [-0.15, -0.1) is 0 Å². The third kappa shape index (κ3) is 5.67. The number of nitrogens with two attached hydrogens (primary N) is 2. The summed E-state index contributed by atoms with van der Waals surface area (Å²) in [4.78, 5) is 7.68. The van der Waals surface area contributed by atoms with Crippen molar-refractivity contribution in [1.82, 2.24) is 0 Å². The van der Waals surface area contributed by atoms with Crippen LogP contribution in [0.3, 0.4) is 0 Å². The molecule has 4 N–H and O–H groups in total. The van der Waals surface area contributed by atoms with Crippen molar-refractivity contribution in [3.05, 3.63) is 29.8 Å². The molecule has 0 atom stereocenters. The lowest BCUT2D eigenvalue weighted by Gasteiger charge is -2.06. The van der Waals surface area contributed by atoms with Gasteiger partial charge in [0.2, 0.25) is 0 Å². The Hall–Kier alpha value is -1.88. The number of ether oxygens (including phenoxy) is 1. The van der Waals surface area contributed by atoms with E-state index in [1.807, 2.05) is 24.3 Å². The van der Waals surface area contributed by atoms with Crippen LogP contribution >= 0.6 is 0 Å². The van der Waals surface area contributed by atoms with Gasteiger partial charge in [-0.3, -0.25) is 4.99 Å². The van der Waals surface area contributed by atoms with Crippen LogP contribution in [0.4, 0.5) is 0 Å². The van der Waals surface area contributed by atoms with Gasteiger partial charge in [-0.05, 0) is 17.7 Å². The van der Waals surface area contributed by atoms with Crippen LogP contribution in [-0.2, 0) is 6.54 Å². The lowest BCUT2D eigenvalue weighted by Crippen LogP contribution is -2.01. The molecule has 0 saturated carbocycles. The number of rotatable bonds is 7. The Bertz CT molecular complexity index is 377. The summed E-state index contributed by atoms with van der Waals surface area (Å²) in [6, 6.07) is 7.77. The zero-order valence-corrected chi connectivity index (χ0v) is 9.75. The molecule has 0 aliphatic heterocycles. The molecule has 0 bridgehead atoms. The molecule has 5 heteroatoms. The molecule has 5 nitrogen and oxygen atoms in total. The largest absolute Gasteiger partial charge is 0.494 e. The van der Waals surface area contributed by atoms with Crippen LogP contribution in [-0.4, -0.2) is 25.8 Å². The third-order valence-corrected chi connectivity index (χ3v) is 2.07. The summed E-state index contributed by atoms with van der Waals surface area (Å²) in [6.45, 7) is 1.82. The molecule has 0 saturated heterocycles. The molecule has 0 amide bonds. The van der Waals surface area contributed by atoms with E-state index < -0.39 is 0 Å². The minimum atomic E-state index is 0.526. The van der Waals surface area contributed by atoms with Crippen molar-refractivity contribution >= 4 is 12.7 Å². The summed E-state index contributed by atoms with van der Waals surface area (Å²) in [6.07, 6.45) is 3.48. The molecule has 17 heavy (non-hydrogen) atoms. The lowest BCUT2D eigenvalue weighted by molar-refractivity contribution is 0.313. The zero-order chi connectivity index (χ0) is 12.3. The van der Waals surface area contributed by atoms with Crippen molar-refractivity contribution in [3.8, 4) is 5.75 Å². The SMILES string of the molecule is NC=NC=NCCCOc1cccc(CN)c1. The molecular formula is C12H18N4O. The molecule has 0 unspecified atom stereocenters. The van der Waals surface area contributed by atoms with Crippen molar-refractivity contribution in [1.29, 1.82) is 0 Å². The maximum Gasteiger partial charge on any atom is 0.119 e. The molecular weight excluding hydrogens is 216 g/mol. The minimum absolute atomic E-state index is 0.526. The van der Waals surface area contributed by atoms with Crippen molar-refractivity contribution in [3.63, 3.8) is 0 Å². The highest BCUT2D eigenvalue weighted by molar-refractivity contribution is 5.69. The van der Waals surface area contributed by atoms with E-state index in [-0.39, 0.29) is 0 Å². The molecule has 1 rings (SSSR count). The van der Waals surface area contributed by atoms with Gasteiger partial charge in [0.1, 0.15) is 12.1 Å². The minimum Gasteiger partial charge on any atom is -0.494 e. The van der Waals surface area contributed by atoms with Crippen molar-refractivity contribution in [2.24, 2.45) is 21.5 Å². The van der Waals surface area contributed by atoms with Gasteiger partial charge in [-0.2, -0.15) is 0 Å². The van der Waals surface area contributed by atoms with Crippen LogP contribution in [0, 0.1) is 0 Å². The summed E-state index contributed by atoms with van der Waals surface area (Å²) >= 11 is 0. The van der Waals surface area contributed by atoms with Gasteiger partial charge in [0.25, 0.3) is 0 Å². The van der Waals surface area contributed by atoms with Crippen LogP contribution in [0.1, 0.15) is 12.0 Å². The molecule has 0 aromatic heterocycles. The first-order valence-electron chi connectivity index (χ1n) is 5.50. The molecule has 0 spiro atoms. The van der Waals surface area contributed by atoms with Gasteiger partial charge in [0.15, 0.2) is 0 Å². The first kappa shape index (κ1) is 13.2. The fourth-order valence-corrected chi connectivity index (χ4v) is 1.25. The second-order valence-electron chi connectivity index (χ2n) is 3.37. The average Bonchev–Trinajstić information content (AvgIpc) is 2.38. The molecule has 0 aliphatic carbocycles. The standard InChI is InChI=1S/C12H18N4O/c13-8-11-3-1-4-12(7-11)17-6-2-5-15-10-16-9-14/h1,3-4,7,9-10H,2,5-6,8,13H2,(H2,14,15,16). The molecule has 0 heterocycles. The first-order chi connectivity index (χ1) is 8.36. The number of hydrogen-bond acceptors (Lipinski definition) is 3. The Morgan fingerprint density at radius 3 is 3.00 bits per heavy atom. The Morgan fingerprint density at radius 2 is 2.24 bits per heavy atom. The predicted octanol–water partition coefficient (Wildman–Crippen LogP) is 0.929. The Labute approximate surface area is 101 Å². The highest BCUT2D eigenvalue weighted by atomic mass is 16.5. The first-order valence-corrected chi connectivity index (χ1v) is 5.50. The fourth-order valence-electron chi connectivity index (χ4n) is 1.25. The third-order valence-electron chi connectivity index (χ3n) is 2.07. The second-order valence-corrected chi connectivity index (χ2v) is 3.37. The topological polar surface area (TPSA) is 86.0 Å². The van der Waals surface area contributed by atoms with Crippen LogP contribution in [0.15, 0.2) is 34.3 Å². The van der Waals surface area contributed by atoms with E-state index in [4.69, 9.17) is 16.2 Å². The van der Waals surface area contributed by atoms with Gasteiger partial charge in [0, 0.05) is 19.5 Å². The number of nitrogens with zero attached hydrogens (tertiary/aromatic N) is 2. The highest BCUT2D eigenvalue weighted by Gasteiger charge is 1.94. The highest BCUT2D eigenvalue weighted by Crippen LogP contribution is 2.12. The van der Waals surface area contributed by atoms with E-state index in [1.54, 1.807) is 0 Å². The molecule has 1 aromatic carbocycles. The maximum atomic E-state index is 5.56. The molecule has 0 aliphatic rings. The molecule has 92 valence electrons. The van der Waals surface area contributed by atoms with Gasteiger partial charge in [-0.1, -0.05) is 12.1 Å². The summed E-state index contributed by atoms with van der Waals surface area (Å²) in [5.41, 5.74) is 11.7. The normalized spacial score (nSPS) is 11.4. The number of aliphatic imine (C=N–C) groups is 2. The quantitative estimate of drug-likeness (QED) is 0.418. The Morgan fingerprint density at radius 1 is 1.35 bits per heavy atom. The number of benzene rings is 1. The smallest absolute Gasteiger partial charge is 0.119 e. The lowest BCUT2D eigenvalue weighted by atomic mass is 10.2. The van der Waals surface area contributed by atoms with E-state index in [0.717, 1.165) is 17.7 Å². The Kier molecular flexibility index (Phi) is 6.43. The van der Waals surface area contributed by atoms with Gasteiger partial charge < -0.3 is 16.2 Å². The predicted molar refractivity (Wildman–Crippen MR) is 70.5 cm³/mol. The summed E-state index contributed by atoms with van der Waals surface area (Å²) in [5.74, 6) is 0.844. The van der Waals surface area contributed by atoms with E-state index in [1.165, 1.54) is 12.7 Å². The van der Waals surface area contributed by atoms with E-state index in [2.05, 4.69) is 9.98 Å². The van der Waals surface area contributed by atoms with Crippen molar-refractivity contribution in [2.45, 2.75) is 13.0 Å². The maximum absolute atomic E-state index is 5.56. The van der Waals surface area contributed by atoms with Gasteiger partial charge >= 0.3 is 0 Å². The van der Waals surface area contributed by atoms with Crippen molar-refractivity contribution in [2.75, 3.05) is 13.2 Å². The summed E-state index contributed by atoms with van der Waals surface area (Å²) in [7, 11) is 0. The number of hydrogen-bond donors (Lipinski definition) is 2. The van der Waals surface area contributed by atoms with Crippen LogP contribution in [0.5, 0.6) is 5.75 Å². The molecule has 1 aromatic rings. The van der Waals surface area contributed by atoms with E-state index >= 15 is 0 Å². The second kappa shape index (κ2) is 8.29.